The van der Waals surface area contributed by atoms with Gasteiger partial charge in [-0.2, -0.15) is 0 Å². The monoisotopic (exact) mass is 276 g/mol. The molecule has 0 aromatic carbocycles. The van der Waals surface area contributed by atoms with E-state index in [0.29, 0.717) is 5.41 Å². The minimum absolute atomic E-state index is 0.0141. The van der Waals surface area contributed by atoms with E-state index in [2.05, 4.69) is 13.8 Å². The van der Waals surface area contributed by atoms with E-state index in [9.17, 15) is 5.11 Å². The van der Waals surface area contributed by atoms with E-state index in [1.54, 1.807) is 0 Å². The number of hydrogen-bond acceptors (Lipinski definition) is 1. The lowest BCUT2D eigenvalue weighted by atomic mass is 9.45. The number of hydrogen-bond donors (Lipinski definition) is 1. The molecule has 0 aliphatic heterocycles. The summed E-state index contributed by atoms with van der Waals surface area (Å²) in [7, 11) is 0. The van der Waals surface area contributed by atoms with Gasteiger partial charge >= 0.3 is 0 Å². The quantitative estimate of drug-likeness (QED) is 0.675. The van der Waals surface area contributed by atoms with Crippen LogP contribution in [0.2, 0.25) is 0 Å². The Morgan fingerprint density at radius 1 is 0.800 bits per heavy atom. The van der Waals surface area contributed by atoms with Crippen LogP contribution in [-0.2, 0) is 0 Å². The first kappa shape index (κ1) is 13.6. The van der Waals surface area contributed by atoms with Crippen molar-refractivity contribution < 1.29 is 5.11 Å². The second kappa shape index (κ2) is 4.48. The Kier molecular flexibility index (Phi) is 3.05. The molecule has 4 aliphatic carbocycles. The van der Waals surface area contributed by atoms with Crippen LogP contribution in [0, 0.1) is 34.5 Å². The molecular weight excluding hydrogens is 244 g/mol. The van der Waals surface area contributed by atoms with Crippen LogP contribution in [0.25, 0.3) is 0 Å². The summed E-state index contributed by atoms with van der Waals surface area (Å²) >= 11 is 0. The van der Waals surface area contributed by atoms with Crippen molar-refractivity contribution in [2.45, 2.75) is 84.2 Å². The van der Waals surface area contributed by atoms with E-state index in [4.69, 9.17) is 0 Å². The highest BCUT2D eigenvalue weighted by atomic mass is 16.3. The molecule has 1 nitrogen and oxygen atoms in total. The van der Waals surface area contributed by atoms with Crippen molar-refractivity contribution in [2.75, 3.05) is 0 Å². The molecule has 2 unspecified atom stereocenters. The third kappa shape index (κ3) is 1.65. The Balaban J connectivity index is 1.67. The molecule has 4 fully saturated rings. The van der Waals surface area contributed by atoms with E-state index in [-0.39, 0.29) is 11.5 Å². The summed E-state index contributed by atoms with van der Waals surface area (Å²) in [6.45, 7) is 5.04. The van der Waals surface area contributed by atoms with Crippen molar-refractivity contribution >= 4 is 0 Å². The molecule has 0 spiro atoms. The first-order valence-corrected chi connectivity index (χ1v) is 9.24. The fourth-order valence-electron chi connectivity index (χ4n) is 7.31. The van der Waals surface area contributed by atoms with Crippen LogP contribution in [-0.4, -0.2) is 11.2 Å². The number of rotatable bonds is 0. The molecule has 4 rings (SSSR count). The van der Waals surface area contributed by atoms with Crippen molar-refractivity contribution in [3.05, 3.63) is 0 Å². The summed E-state index contributed by atoms with van der Waals surface area (Å²) in [4.78, 5) is 0. The van der Waals surface area contributed by atoms with E-state index >= 15 is 0 Å². The van der Waals surface area contributed by atoms with Gasteiger partial charge in [0.15, 0.2) is 0 Å². The van der Waals surface area contributed by atoms with Gasteiger partial charge in [-0.15, -0.1) is 0 Å². The van der Waals surface area contributed by atoms with Gasteiger partial charge in [-0.1, -0.05) is 26.7 Å². The Morgan fingerprint density at radius 3 is 2.50 bits per heavy atom. The highest BCUT2D eigenvalue weighted by molar-refractivity contribution is 5.08. The molecule has 0 bridgehead atoms. The molecular formula is C19H32O. The van der Waals surface area contributed by atoms with Gasteiger partial charge in [0.25, 0.3) is 0 Å². The molecule has 0 radical (unpaired) electrons. The first-order valence-electron chi connectivity index (χ1n) is 9.24. The van der Waals surface area contributed by atoms with Gasteiger partial charge in [-0.05, 0) is 85.9 Å². The van der Waals surface area contributed by atoms with Crippen molar-refractivity contribution in [2.24, 2.45) is 34.5 Å². The fourth-order valence-corrected chi connectivity index (χ4v) is 7.31. The van der Waals surface area contributed by atoms with Gasteiger partial charge in [0.1, 0.15) is 0 Å². The summed E-state index contributed by atoms with van der Waals surface area (Å²) in [5.74, 6) is 3.56. The van der Waals surface area contributed by atoms with Crippen LogP contribution in [0.5, 0.6) is 0 Å². The van der Waals surface area contributed by atoms with E-state index in [1.165, 1.54) is 57.8 Å². The second-order valence-corrected chi connectivity index (χ2v) is 9.05. The lowest BCUT2D eigenvalue weighted by Gasteiger charge is -2.61. The van der Waals surface area contributed by atoms with Gasteiger partial charge in [0, 0.05) is 0 Å². The normalized spacial score (nSPS) is 58.6. The third-order valence-electron chi connectivity index (χ3n) is 8.49. The number of fused-ring (bicyclic) bond motifs is 5. The fraction of sp³-hybridized carbons (Fsp3) is 1.00. The second-order valence-electron chi connectivity index (χ2n) is 9.05. The van der Waals surface area contributed by atoms with E-state index in [1.807, 2.05) is 0 Å². The lowest BCUT2D eigenvalue weighted by molar-refractivity contribution is -0.159. The Morgan fingerprint density at radius 2 is 1.65 bits per heavy atom. The van der Waals surface area contributed by atoms with Gasteiger partial charge in [0.05, 0.1) is 6.10 Å². The van der Waals surface area contributed by atoms with Crippen LogP contribution in [0.1, 0.15) is 78.1 Å². The summed E-state index contributed by atoms with van der Waals surface area (Å²) in [5.41, 5.74) is 0.912. The molecule has 4 saturated carbocycles. The molecule has 0 heterocycles. The van der Waals surface area contributed by atoms with E-state index < -0.39 is 0 Å². The zero-order valence-corrected chi connectivity index (χ0v) is 13.4. The minimum Gasteiger partial charge on any atom is -0.393 e. The van der Waals surface area contributed by atoms with Crippen molar-refractivity contribution in [1.82, 2.24) is 0 Å². The maximum atomic E-state index is 10.8. The Bertz CT molecular complexity index is 391. The molecule has 114 valence electrons. The van der Waals surface area contributed by atoms with Crippen LogP contribution >= 0.6 is 0 Å². The highest BCUT2D eigenvalue weighted by Gasteiger charge is 2.59. The molecule has 7 atom stereocenters. The molecule has 4 aliphatic rings. The number of aliphatic hydroxyl groups excluding tert-OH is 1. The molecule has 0 aromatic rings. The van der Waals surface area contributed by atoms with Gasteiger partial charge in [0.2, 0.25) is 0 Å². The maximum Gasteiger partial charge on any atom is 0.0599 e. The Hall–Kier alpha value is -0.0400. The zero-order chi connectivity index (χ0) is 14.0. The molecule has 20 heavy (non-hydrogen) atoms. The standard InChI is InChI=1S/C19H32O/c1-18-11-4-6-15(18)14-9-8-13-5-3-7-17(20)19(13,2)16(14)10-12-18/h13-17,20H,3-12H2,1-2H3/t13?,14-,15-,16+,17?,18-,19-/m0/s1. The SMILES string of the molecule is C[C@@]12CCC[C@H]1[C@@H]1CCC3CCCC(O)[C@]3(C)[C@@H]1CC2. The van der Waals surface area contributed by atoms with Crippen LogP contribution in [0.4, 0.5) is 0 Å². The lowest BCUT2D eigenvalue weighted by Crippen LogP contribution is -2.57. The third-order valence-corrected chi connectivity index (χ3v) is 8.49. The first-order chi connectivity index (χ1) is 9.56. The maximum absolute atomic E-state index is 10.8. The van der Waals surface area contributed by atoms with Crippen molar-refractivity contribution in [3.63, 3.8) is 0 Å². The number of aliphatic hydroxyl groups is 1. The Labute approximate surface area is 124 Å². The zero-order valence-electron chi connectivity index (χ0n) is 13.4. The summed E-state index contributed by atoms with van der Waals surface area (Å²) in [5, 5.41) is 10.8. The van der Waals surface area contributed by atoms with Gasteiger partial charge < -0.3 is 5.11 Å². The average Bonchev–Trinajstić information content (AvgIpc) is 2.82. The van der Waals surface area contributed by atoms with Crippen molar-refractivity contribution in [1.29, 1.82) is 0 Å². The molecule has 0 aromatic heterocycles. The predicted octanol–water partition coefficient (Wildman–Crippen LogP) is 4.78. The molecule has 1 heteroatoms. The van der Waals surface area contributed by atoms with Crippen LogP contribution in [0.3, 0.4) is 0 Å². The predicted molar refractivity (Wildman–Crippen MR) is 82.4 cm³/mol. The van der Waals surface area contributed by atoms with E-state index in [0.717, 1.165) is 30.1 Å². The largest absolute Gasteiger partial charge is 0.393 e. The molecule has 0 saturated heterocycles. The molecule has 0 amide bonds. The van der Waals surface area contributed by atoms with Crippen LogP contribution in [0.15, 0.2) is 0 Å². The summed E-state index contributed by atoms with van der Waals surface area (Å²) in [6.07, 6.45) is 13.8. The topological polar surface area (TPSA) is 20.2 Å². The van der Waals surface area contributed by atoms with Gasteiger partial charge in [-0.25, -0.2) is 0 Å². The molecule has 1 N–H and O–H groups in total. The highest BCUT2D eigenvalue weighted by Crippen LogP contribution is 2.66. The smallest absolute Gasteiger partial charge is 0.0599 e. The van der Waals surface area contributed by atoms with Crippen molar-refractivity contribution in [3.8, 4) is 0 Å². The summed E-state index contributed by atoms with van der Waals surface area (Å²) in [6, 6.07) is 0. The average molecular weight is 276 g/mol. The van der Waals surface area contributed by atoms with Gasteiger partial charge in [-0.3, -0.25) is 0 Å². The summed E-state index contributed by atoms with van der Waals surface area (Å²) < 4.78 is 0. The van der Waals surface area contributed by atoms with Crippen LogP contribution < -0.4 is 0 Å². The minimum atomic E-state index is -0.0141.